The molecule has 0 aliphatic carbocycles. The summed E-state index contributed by atoms with van der Waals surface area (Å²) in [6.45, 7) is 1.69. The van der Waals surface area contributed by atoms with E-state index in [-0.39, 0.29) is 11.3 Å². The summed E-state index contributed by atoms with van der Waals surface area (Å²) in [7, 11) is 0. The molecule has 2 rings (SSSR count). The van der Waals surface area contributed by atoms with Crippen LogP contribution in [0.4, 0.5) is 11.4 Å². The number of nitrogens with zero attached hydrogens (tertiary/aromatic N) is 2. The highest BCUT2D eigenvalue weighted by Gasteiger charge is 2.18. The maximum atomic E-state index is 11.2. The Morgan fingerprint density at radius 3 is 2.58 bits per heavy atom. The first-order valence-corrected chi connectivity index (χ1v) is 6.11. The SMILES string of the molecule is O=C(O)c1cc([N+](=O)[O-])ccc1NN1CCCCC1. The van der Waals surface area contributed by atoms with Gasteiger partial charge in [-0.25, -0.2) is 9.80 Å². The van der Waals surface area contributed by atoms with Crippen LogP contribution >= 0.6 is 0 Å². The van der Waals surface area contributed by atoms with Crippen molar-refractivity contribution in [3.8, 4) is 0 Å². The van der Waals surface area contributed by atoms with Crippen molar-refractivity contribution in [2.24, 2.45) is 0 Å². The number of hydrazine groups is 1. The Morgan fingerprint density at radius 2 is 2.00 bits per heavy atom. The van der Waals surface area contributed by atoms with Gasteiger partial charge in [-0.2, -0.15) is 0 Å². The van der Waals surface area contributed by atoms with E-state index in [2.05, 4.69) is 5.43 Å². The molecule has 0 saturated carbocycles. The van der Waals surface area contributed by atoms with Gasteiger partial charge in [0.2, 0.25) is 0 Å². The second-order valence-corrected chi connectivity index (χ2v) is 4.45. The first-order valence-electron chi connectivity index (χ1n) is 6.11. The van der Waals surface area contributed by atoms with Gasteiger partial charge in [-0.05, 0) is 18.9 Å². The van der Waals surface area contributed by atoms with E-state index in [9.17, 15) is 14.9 Å². The van der Waals surface area contributed by atoms with Crippen LogP contribution in [-0.4, -0.2) is 34.1 Å². The number of carboxylic acids is 1. The van der Waals surface area contributed by atoms with Crippen LogP contribution in [0.25, 0.3) is 0 Å². The molecule has 0 amide bonds. The van der Waals surface area contributed by atoms with Crippen LogP contribution in [0, 0.1) is 10.1 Å². The van der Waals surface area contributed by atoms with Crippen molar-refractivity contribution >= 4 is 17.3 Å². The molecule has 1 aromatic carbocycles. The van der Waals surface area contributed by atoms with E-state index >= 15 is 0 Å². The smallest absolute Gasteiger partial charge is 0.338 e. The molecular formula is C12H15N3O4. The first-order chi connectivity index (χ1) is 9.08. The number of piperidine rings is 1. The topological polar surface area (TPSA) is 95.7 Å². The lowest BCUT2D eigenvalue weighted by Gasteiger charge is -2.28. The number of carboxylic acid groups (broad SMARTS) is 1. The summed E-state index contributed by atoms with van der Waals surface area (Å²) in [4.78, 5) is 21.2. The first kappa shape index (κ1) is 13.3. The molecule has 0 unspecified atom stereocenters. The molecular weight excluding hydrogens is 250 g/mol. The number of nitro benzene ring substituents is 1. The van der Waals surface area contributed by atoms with Crippen molar-refractivity contribution in [2.75, 3.05) is 18.5 Å². The Balaban J connectivity index is 2.23. The largest absolute Gasteiger partial charge is 0.478 e. The van der Waals surface area contributed by atoms with Crippen LogP contribution in [0.15, 0.2) is 18.2 Å². The molecule has 102 valence electrons. The fourth-order valence-electron chi connectivity index (χ4n) is 2.10. The number of anilines is 1. The molecule has 1 aliphatic rings. The molecule has 0 aromatic heterocycles. The normalized spacial score (nSPS) is 16.0. The van der Waals surface area contributed by atoms with Gasteiger partial charge in [0.1, 0.15) is 0 Å². The van der Waals surface area contributed by atoms with Crippen molar-refractivity contribution in [1.29, 1.82) is 0 Å². The van der Waals surface area contributed by atoms with E-state index in [4.69, 9.17) is 5.11 Å². The fraction of sp³-hybridized carbons (Fsp3) is 0.417. The summed E-state index contributed by atoms with van der Waals surface area (Å²) in [6.07, 6.45) is 3.29. The lowest BCUT2D eigenvalue weighted by atomic mass is 10.1. The van der Waals surface area contributed by atoms with Crippen LogP contribution in [0.5, 0.6) is 0 Å². The van der Waals surface area contributed by atoms with Gasteiger partial charge in [0, 0.05) is 25.2 Å². The van der Waals surface area contributed by atoms with Gasteiger partial charge >= 0.3 is 5.97 Å². The molecule has 2 N–H and O–H groups in total. The third-order valence-electron chi connectivity index (χ3n) is 3.08. The highest BCUT2D eigenvalue weighted by molar-refractivity contribution is 5.95. The molecule has 1 saturated heterocycles. The zero-order valence-corrected chi connectivity index (χ0v) is 10.3. The molecule has 1 aliphatic heterocycles. The van der Waals surface area contributed by atoms with Crippen LogP contribution in [0.3, 0.4) is 0 Å². The maximum Gasteiger partial charge on any atom is 0.338 e. The molecule has 1 fully saturated rings. The minimum absolute atomic E-state index is 0.0835. The van der Waals surface area contributed by atoms with Gasteiger partial charge in [0.15, 0.2) is 0 Å². The Hall–Kier alpha value is -2.15. The monoisotopic (exact) mass is 265 g/mol. The van der Waals surface area contributed by atoms with E-state index in [1.54, 1.807) is 0 Å². The Morgan fingerprint density at radius 1 is 1.32 bits per heavy atom. The molecule has 7 nitrogen and oxygen atoms in total. The van der Waals surface area contributed by atoms with E-state index in [1.807, 2.05) is 5.01 Å². The third kappa shape index (κ3) is 3.19. The fourth-order valence-corrected chi connectivity index (χ4v) is 2.10. The lowest BCUT2D eigenvalue weighted by Crippen LogP contribution is -2.35. The van der Waals surface area contributed by atoms with Crippen molar-refractivity contribution in [3.05, 3.63) is 33.9 Å². The standard InChI is InChI=1S/C12H15N3O4/c16-12(17)10-8-9(15(18)19)4-5-11(10)13-14-6-2-1-3-7-14/h4-5,8,13H,1-3,6-7H2,(H,16,17). The Labute approximate surface area is 110 Å². The number of hydrogen-bond acceptors (Lipinski definition) is 5. The number of nitrogens with one attached hydrogen (secondary N) is 1. The quantitative estimate of drug-likeness (QED) is 0.639. The summed E-state index contributed by atoms with van der Waals surface area (Å²) < 4.78 is 0. The predicted octanol–water partition coefficient (Wildman–Crippen LogP) is 2.11. The molecule has 7 heteroatoms. The Kier molecular flexibility index (Phi) is 3.96. The van der Waals surface area contributed by atoms with Crippen LogP contribution < -0.4 is 5.43 Å². The molecule has 0 spiro atoms. The Bertz CT molecular complexity index is 498. The number of carbonyl (C=O) groups is 1. The summed E-state index contributed by atoms with van der Waals surface area (Å²) in [5.41, 5.74) is 3.11. The van der Waals surface area contributed by atoms with Crippen LogP contribution in [-0.2, 0) is 0 Å². The zero-order valence-electron chi connectivity index (χ0n) is 10.3. The van der Waals surface area contributed by atoms with Gasteiger partial charge in [0.05, 0.1) is 16.2 Å². The average molecular weight is 265 g/mol. The second-order valence-electron chi connectivity index (χ2n) is 4.45. The molecule has 0 bridgehead atoms. The summed E-state index contributed by atoms with van der Waals surface area (Å²) in [6, 6.07) is 3.82. The van der Waals surface area contributed by atoms with Crippen molar-refractivity contribution in [1.82, 2.24) is 5.01 Å². The van der Waals surface area contributed by atoms with E-state index in [1.165, 1.54) is 18.6 Å². The summed E-state index contributed by atoms with van der Waals surface area (Å²) in [5.74, 6) is -1.18. The minimum Gasteiger partial charge on any atom is -0.478 e. The number of nitro groups is 1. The predicted molar refractivity (Wildman–Crippen MR) is 69.1 cm³/mol. The van der Waals surface area contributed by atoms with Gasteiger partial charge < -0.3 is 10.5 Å². The molecule has 19 heavy (non-hydrogen) atoms. The second kappa shape index (κ2) is 5.66. The van der Waals surface area contributed by atoms with Crippen molar-refractivity contribution < 1.29 is 14.8 Å². The van der Waals surface area contributed by atoms with E-state index in [0.717, 1.165) is 32.0 Å². The zero-order chi connectivity index (χ0) is 13.8. The van der Waals surface area contributed by atoms with E-state index in [0.29, 0.717) is 5.69 Å². The summed E-state index contributed by atoms with van der Waals surface area (Å²) in [5, 5.41) is 21.7. The van der Waals surface area contributed by atoms with Gasteiger partial charge in [-0.15, -0.1) is 0 Å². The number of benzene rings is 1. The van der Waals surface area contributed by atoms with Crippen LogP contribution in [0.1, 0.15) is 29.6 Å². The van der Waals surface area contributed by atoms with Gasteiger partial charge in [-0.1, -0.05) is 6.42 Å². The highest BCUT2D eigenvalue weighted by Crippen LogP contribution is 2.23. The highest BCUT2D eigenvalue weighted by atomic mass is 16.6. The van der Waals surface area contributed by atoms with Crippen LogP contribution in [0.2, 0.25) is 0 Å². The number of non-ortho nitro benzene ring substituents is 1. The number of rotatable bonds is 4. The van der Waals surface area contributed by atoms with Crippen molar-refractivity contribution in [3.63, 3.8) is 0 Å². The average Bonchev–Trinajstić information content (AvgIpc) is 2.39. The molecule has 0 radical (unpaired) electrons. The third-order valence-corrected chi connectivity index (χ3v) is 3.08. The minimum atomic E-state index is -1.18. The lowest BCUT2D eigenvalue weighted by molar-refractivity contribution is -0.384. The van der Waals surface area contributed by atoms with Gasteiger partial charge in [0.25, 0.3) is 5.69 Å². The van der Waals surface area contributed by atoms with E-state index < -0.39 is 10.9 Å². The molecule has 1 aromatic rings. The number of aromatic carboxylic acids is 1. The number of hydrogen-bond donors (Lipinski definition) is 2. The maximum absolute atomic E-state index is 11.2. The molecule has 0 atom stereocenters. The van der Waals surface area contributed by atoms with Gasteiger partial charge in [-0.3, -0.25) is 10.1 Å². The van der Waals surface area contributed by atoms with Crippen molar-refractivity contribution in [2.45, 2.75) is 19.3 Å². The molecule has 1 heterocycles. The summed E-state index contributed by atoms with van der Waals surface area (Å²) >= 11 is 0.